The van der Waals surface area contributed by atoms with Crippen molar-refractivity contribution in [2.45, 2.75) is 31.9 Å². The first kappa shape index (κ1) is 15.3. The van der Waals surface area contributed by atoms with Gasteiger partial charge in [0, 0.05) is 37.6 Å². The number of aliphatic hydroxyl groups is 1. The Bertz CT molecular complexity index is 500. The summed E-state index contributed by atoms with van der Waals surface area (Å²) >= 11 is 7.57. The van der Waals surface area contributed by atoms with Crippen LogP contribution >= 0.6 is 22.9 Å². The van der Waals surface area contributed by atoms with E-state index in [0.717, 1.165) is 56.3 Å². The highest BCUT2D eigenvalue weighted by molar-refractivity contribution is 7.16. The molecule has 6 heteroatoms. The molecule has 0 spiro atoms. The summed E-state index contributed by atoms with van der Waals surface area (Å²) in [5, 5.41) is 9.87. The Hall–Kier alpha value is -0.620. The molecular formula is C15H21ClN2O2S. The van der Waals surface area contributed by atoms with Crippen molar-refractivity contribution < 1.29 is 9.90 Å². The molecule has 0 bridgehead atoms. The number of thiophene rings is 1. The van der Waals surface area contributed by atoms with Crippen LogP contribution in [0.25, 0.3) is 0 Å². The van der Waals surface area contributed by atoms with E-state index in [2.05, 4.69) is 11.0 Å². The van der Waals surface area contributed by atoms with Gasteiger partial charge in [-0.3, -0.25) is 9.69 Å². The Labute approximate surface area is 134 Å². The van der Waals surface area contributed by atoms with Gasteiger partial charge in [0.25, 0.3) is 0 Å². The fourth-order valence-corrected chi connectivity index (χ4v) is 4.38. The van der Waals surface area contributed by atoms with Crippen molar-refractivity contribution in [3.63, 3.8) is 0 Å². The molecule has 3 rings (SSSR count). The minimum absolute atomic E-state index is 0.152. The van der Waals surface area contributed by atoms with Gasteiger partial charge in [0.15, 0.2) is 0 Å². The van der Waals surface area contributed by atoms with Crippen LogP contribution < -0.4 is 0 Å². The van der Waals surface area contributed by atoms with Crippen molar-refractivity contribution >= 4 is 28.8 Å². The summed E-state index contributed by atoms with van der Waals surface area (Å²) in [4.78, 5) is 18.0. The Morgan fingerprint density at radius 1 is 1.29 bits per heavy atom. The zero-order chi connectivity index (χ0) is 14.8. The van der Waals surface area contributed by atoms with Gasteiger partial charge in [0.2, 0.25) is 5.91 Å². The summed E-state index contributed by atoms with van der Waals surface area (Å²) in [6.07, 6.45) is 2.16. The molecule has 116 valence electrons. The zero-order valence-electron chi connectivity index (χ0n) is 12.0. The fourth-order valence-electron chi connectivity index (χ4n) is 3.25. The number of hydrogen-bond acceptors (Lipinski definition) is 4. The van der Waals surface area contributed by atoms with Crippen LogP contribution in [-0.2, 0) is 11.3 Å². The SMILES string of the molecule is O=C(C1CCCC1O)N1CCN(Cc2ccc(Cl)s2)CC1. The summed E-state index contributed by atoms with van der Waals surface area (Å²) in [5.74, 6) is -0.00790. The second-order valence-electron chi connectivity index (χ2n) is 5.91. The molecule has 1 saturated heterocycles. The van der Waals surface area contributed by atoms with Gasteiger partial charge in [0.1, 0.15) is 0 Å². The Balaban J connectivity index is 1.49. The Kier molecular flexibility index (Phi) is 4.84. The quantitative estimate of drug-likeness (QED) is 0.925. The van der Waals surface area contributed by atoms with E-state index < -0.39 is 6.10 Å². The van der Waals surface area contributed by atoms with E-state index in [1.54, 1.807) is 11.3 Å². The van der Waals surface area contributed by atoms with E-state index in [-0.39, 0.29) is 11.8 Å². The predicted molar refractivity (Wildman–Crippen MR) is 84.5 cm³/mol. The third-order valence-electron chi connectivity index (χ3n) is 4.49. The maximum atomic E-state index is 12.4. The lowest BCUT2D eigenvalue weighted by molar-refractivity contribution is -0.140. The van der Waals surface area contributed by atoms with Crippen molar-refractivity contribution in [2.75, 3.05) is 26.2 Å². The first-order valence-electron chi connectivity index (χ1n) is 7.57. The average Bonchev–Trinajstić information content (AvgIpc) is 3.08. The van der Waals surface area contributed by atoms with Gasteiger partial charge in [-0.05, 0) is 31.4 Å². The zero-order valence-corrected chi connectivity index (χ0v) is 13.6. The van der Waals surface area contributed by atoms with Crippen molar-refractivity contribution in [1.29, 1.82) is 0 Å². The summed E-state index contributed by atoms with van der Waals surface area (Å²) in [6, 6.07) is 4.00. The van der Waals surface area contributed by atoms with Gasteiger partial charge < -0.3 is 10.0 Å². The molecule has 1 saturated carbocycles. The molecule has 1 aromatic rings. The molecule has 4 nitrogen and oxygen atoms in total. The molecule has 1 N–H and O–H groups in total. The number of aliphatic hydroxyl groups excluding tert-OH is 1. The van der Waals surface area contributed by atoms with E-state index in [1.807, 2.05) is 11.0 Å². The van der Waals surface area contributed by atoms with E-state index in [4.69, 9.17) is 11.6 Å². The number of carbonyl (C=O) groups is 1. The second kappa shape index (κ2) is 6.65. The van der Waals surface area contributed by atoms with E-state index in [9.17, 15) is 9.90 Å². The molecule has 21 heavy (non-hydrogen) atoms. The van der Waals surface area contributed by atoms with E-state index >= 15 is 0 Å². The third kappa shape index (κ3) is 3.59. The molecule has 1 aliphatic heterocycles. The number of rotatable bonds is 3. The first-order valence-corrected chi connectivity index (χ1v) is 8.76. The topological polar surface area (TPSA) is 43.8 Å². The van der Waals surface area contributed by atoms with Gasteiger partial charge in [0.05, 0.1) is 16.4 Å². The summed E-state index contributed by atoms with van der Waals surface area (Å²) in [5.41, 5.74) is 0. The van der Waals surface area contributed by atoms with Gasteiger partial charge in [-0.1, -0.05) is 11.6 Å². The standard InChI is InChI=1S/C15H21ClN2O2S/c16-14-5-4-11(21-14)10-17-6-8-18(9-7-17)15(20)12-2-1-3-13(12)19/h4-5,12-13,19H,1-3,6-10H2. The highest BCUT2D eigenvalue weighted by Gasteiger charge is 2.35. The smallest absolute Gasteiger partial charge is 0.228 e. The molecule has 2 heterocycles. The van der Waals surface area contributed by atoms with Crippen LogP contribution in [0.4, 0.5) is 0 Å². The molecule has 2 unspecified atom stereocenters. The Morgan fingerprint density at radius 3 is 2.62 bits per heavy atom. The van der Waals surface area contributed by atoms with Gasteiger partial charge in [-0.15, -0.1) is 11.3 Å². The van der Waals surface area contributed by atoms with Crippen molar-refractivity contribution in [3.05, 3.63) is 21.3 Å². The van der Waals surface area contributed by atoms with Crippen molar-refractivity contribution in [3.8, 4) is 0 Å². The molecule has 2 aliphatic rings. The molecule has 2 atom stereocenters. The molecule has 0 aromatic carbocycles. The molecule has 2 fully saturated rings. The number of nitrogens with zero attached hydrogens (tertiary/aromatic N) is 2. The van der Waals surface area contributed by atoms with E-state index in [0.29, 0.717) is 0 Å². The predicted octanol–water partition coefficient (Wildman–Crippen LogP) is 2.21. The first-order chi connectivity index (χ1) is 10.1. The number of halogens is 1. The molecule has 1 aliphatic carbocycles. The van der Waals surface area contributed by atoms with Gasteiger partial charge >= 0.3 is 0 Å². The summed E-state index contributed by atoms with van der Waals surface area (Å²) in [7, 11) is 0. The number of carbonyl (C=O) groups excluding carboxylic acids is 1. The van der Waals surface area contributed by atoms with Crippen LogP contribution in [0.3, 0.4) is 0 Å². The molecular weight excluding hydrogens is 308 g/mol. The summed E-state index contributed by atoms with van der Waals surface area (Å²) < 4.78 is 0.828. The van der Waals surface area contributed by atoms with Crippen molar-refractivity contribution in [2.24, 2.45) is 5.92 Å². The maximum absolute atomic E-state index is 12.4. The third-order valence-corrected chi connectivity index (χ3v) is 5.70. The number of hydrogen-bond donors (Lipinski definition) is 1. The molecule has 0 radical (unpaired) electrons. The minimum atomic E-state index is -0.427. The fraction of sp³-hybridized carbons (Fsp3) is 0.667. The van der Waals surface area contributed by atoms with Crippen LogP contribution in [-0.4, -0.2) is 53.1 Å². The minimum Gasteiger partial charge on any atom is -0.392 e. The second-order valence-corrected chi connectivity index (χ2v) is 7.71. The molecule has 1 amide bonds. The van der Waals surface area contributed by atoms with E-state index in [1.165, 1.54) is 4.88 Å². The van der Waals surface area contributed by atoms with Crippen LogP contribution in [0.15, 0.2) is 12.1 Å². The lowest BCUT2D eigenvalue weighted by Gasteiger charge is -2.36. The normalized spacial score (nSPS) is 27.2. The lowest BCUT2D eigenvalue weighted by Crippen LogP contribution is -2.50. The monoisotopic (exact) mass is 328 g/mol. The largest absolute Gasteiger partial charge is 0.392 e. The maximum Gasteiger partial charge on any atom is 0.228 e. The van der Waals surface area contributed by atoms with Gasteiger partial charge in [-0.2, -0.15) is 0 Å². The van der Waals surface area contributed by atoms with Crippen LogP contribution in [0.1, 0.15) is 24.1 Å². The average molecular weight is 329 g/mol. The summed E-state index contributed by atoms with van der Waals surface area (Å²) in [6.45, 7) is 4.22. The number of amides is 1. The molecule has 1 aromatic heterocycles. The van der Waals surface area contributed by atoms with Crippen LogP contribution in [0.2, 0.25) is 4.34 Å². The van der Waals surface area contributed by atoms with Crippen LogP contribution in [0, 0.1) is 5.92 Å². The van der Waals surface area contributed by atoms with Crippen molar-refractivity contribution in [1.82, 2.24) is 9.80 Å². The Morgan fingerprint density at radius 2 is 2.05 bits per heavy atom. The number of piperazine rings is 1. The lowest BCUT2D eigenvalue weighted by atomic mass is 10.0. The highest BCUT2D eigenvalue weighted by Crippen LogP contribution is 2.28. The highest BCUT2D eigenvalue weighted by atomic mass is 35.5. The van der Waals surface area contributed by atoms with Gasteiger partial charge in [-0.25, -0.2) is 0 Å². The van der Waals surface area contributed by atoms with Crippen LogP contribution in [0.5, 0.6) is 0 Å².